The highest BCUT2D eigenvalue weighted by molar-refractivity contribution is 6.07. The first kappa shape index (κ1) is 14.6. The van der Waals surface area contributed by atoms with Crippen LogP contribution in [-0.2, 0) is 4.79 Å². The number of benzene rings is 3. The number of phenolic OH excluding ortho intramolecular Hbond substituents is 1. The van der Waals surface area contributed by atoms with Crippen molar-refractivity contribution < 1.29 is 14.6 Å². The molecule has 0 radical (unpaired) electrons. The zero-order chi connectivity index (χ0) is 16.7. The fourth-order valence-corrected chi connectivity index (χ4v) is 3.51. The van der Waals surface area contributed by atoms with E-state index in [4.69, 9.17) is 4.74 Å². The summed E-state index contributed by atoms with van der Waals surface area (Å²) in [5.41, 5.74) is 2.81. The summed E-state index contributed by atoms with van der Waals surface area (Å²) in [7, 11) is 1.64. The molecule has 0 aromatic heterocycles. The third kappa shape index (κ3) is 2.19. The molecule has 0 unspecified atom stereocenters. The molecule has 1 atom stereocenters. The summed E-state index contributed by atoms with van der Waals surface area (Å²) in [5.74, 6) is 0.883. The molecule has 0 saturated heterocycles. The molecule has 2 N–H and O–H groups in total. The second kappa shape index (κ2) is 5.57. The Balaban J connectivity index is 1.97. The Labute approximate surface area is 139 Å². The highest BCUT2D eigenvalue weighted by Crippen LogP contribution is 2.44. The molecule has 1 aliphatic heterocycles. The number of hydrogen-bond donors (Lipinski definition) is 2. The van der Waals surface area contributed by atoms with E-state index in [9.17, 15) is 9.90 Å². The van der Waals surface area contributed by atoms with Crippen LogP contribution in [0.3, 0.4) is 0 Å². The molecule has 0 fully saturated rings. The standard InChI is InChI=1S/C20H17NO3/c1-24-18-8-3-2-5-13(18)16-11-19(23)21-20-14-6-4-7-17(22)12(14)9-10-15(16)20/h2-10,16,22H,11H2,1H3,(H,21,23)/t16-/m0/s1. The first-order valence-corrected chi connectivity index (χ1v) is 7.86. The molecule has 4 nitrogen and oxygen atoms in total. The van der Waals surface area contributed by atoms with Gasteiger partial charge in [-0.1, -0.05) is 42.5 Å². The lowest BCUT2D eigenvalue weighted by Gasteiger charge is -2.28. The van der Waals surface area contributed by atoms with Gasteiger partial charge in [0, 0.05) is 28.7 Å². The molecule has 24 heavy (non-hydrogen) atoms. The number of phenols is 1. The zero-order valence-corrected chi connectivity index (χ0v) is 13.2. The molecule has 3 aromatic carbocycles. The van der Waals surface area contributed by atoms with Crippen molar-refractivity contribution in [2.24, 2.45) is 0 Å². The minimum Gasteiger partial charge on any atom is -0.507 e. The number of ether oxygens (including phenoxy) is 1. The number of carbonyl (C=O) groups excluding carboxylic acids is 1. The van der Waals surface area contributed by atoms with Gasteiger partial charge in [0.2, 0.25) is 5.91 Å². The SMILES string of the molecule is COc1ccccc1[C@@H]1CC(=O)Nc2c1ccc1c(O)cccc21. The van der Waals surface area contributed by atoms with Gasteiger partial charge in [0.1, 0.15) is 11.5 Å². The van der Waals surface area contributed by atoms with Crippen molar-refractivity contribution in [2.75, 3.05) is 12.4 Å². The van der Waals surface area contributed by atoms with Gasteiger partial charge in [-0.2, -0.15) is 0 Å². The largest absolute Gasteiger partial charge is 0.507 e. The first-order chi connectivity index (χ1) is 11.7. The average molecular weight is 319 g/mol. The molecule has 0 bridgehead atoms. The quantitative estimate of drug-likeness (QED) is 0.750. The van der Waals surface area contributed by atoms with Crippen LogP contribution in [0.15, 0.2) is 54.6 Å². The van der Waals surface area contributed by atoms with Crippen LogP contribution >= 0.6 is 0 Å². The molecule has 0 spiro atoms. The Kier molecular flexibility index (Phi) is 3.38. The van der Waals surface area contributed by atoms with Gasteiger partial charge in [0.15, 0.2) is 0 Å². The predicted molar refractivity (Wildman–Crippen MR) is 93.7 cm³/mol. The maximum Gasteiger partial charge on any atom is 0.225 e. The topological polar surface area (TPSA) is 58.6 Å². The van der Waals surface area contributed by atoms with Gasteiger partial charge in [0.25, 0.3) is 0 Å². The first-order valence-electron chi connectivity index (χ1n) is 7.86. The number of nitrogens with one attached hydrogen (secondary N) is 1. The third-order valence-electron chi connectivity index (χ3n) is 4.61. The van der Waals surface area contributed by atoms with Crippen molar-refractivity contribution in [1.29, 1.82) is 0 Å². The lowest BCUT2D eigenvalue weighted by molar-refractivity contribution is -0.116. The molecule has 0 saturated carbocycles. The highest BCUT2D eigenvalue weighted by Gasteiger charge is 2.29. The third-order valence-corrected chi connectivity index (χ3v) is 4.61. The highest BCUT2D eigenvalue weighted by atomic mass is 16.5. The molecule has 120 valence electrons. The minimum absolute atomic E-state index is 0.0331. The number of rotatable bonds is 2. The molecule has 4 rings (SSSR count). The summed E-state index contributed by atoms with van der Waals surface area (Å²) in [4.78, 5) is 12.3. The number of hydrogen-bond acceptors (Lipinski definition) is 3. The van der Waals surface area contributed by atoms with Crippen molar-refractivity contribution >= 4 is 22.4 Å². The van der Waals surface area contributed by atoms with Gasteiger partial charge in [-0.3, -0.25) is 4.79 Å². The van der Waals surface area contributed by atoms with Crippen molar-refractivity contribution in [3.8, 4) is 11.5 Å². The van der Waals surface area contributed by atoms with Gasteiger partial charge >= 0.3 is 0 Å². The Morgan fingerprint density at radius 3 is 2.67 bits per heavy atom. The van der Waals surface area contributed by atoms with E-state index >= 15 is 0 Å². The minimum atomic E-state index is -0.0725. The Hall–Kier alpha value is -3.01. The summed E-state index contributed by atoms with van der Waals surface area (Å²) in [6.07, 6.45) is 0.373. The number of anilines is 1. The summed E-state index contributed by atoms with van der Waals surface area (Å²) in [6, 6.07) is 17.0. The van der Waals surface area contributed by atoms with Crippen LogP contribution in [0.1, 0.15) is 23.5 Å². The lowest BCUT2D eigenvalue weighted by Crippen LogP contribution is -2.24. The van der Waals surface area contributed by atoms with E-state index in [2.05, 4.69) is 5.32 Å². The van der Waals surface area contributed by atoms with Crippen LogP contribution in [0.25, 0.3) is 10.8 Å². The van der Waals surface area contributed by atoms with Crippen molar-refractivity contribution in [3.63, 3.8) is 0 Å². The summed E-state index contributed by atoms with van der Waals surface area (Å²) in [5, 5.41) is 14.6. The van der Waals surface area contributed by atoms with Gasteiger partial charge in [0.05, 0.1) is 12.8 Å². The fourth-order valence-electron chi connectivity index (χ4n) is 3.51. The van der Waals surface area contributed by atoms with Crippen molar-refractivity contribution in [3.05, 3.63) is 65.7 Å². The summed E-state index contributed by atoms with van der Waals surface area (Å²) < 4.78 is 5.48. The predicted octanol–water partition coefficient (Wildman–Crippen LogP) is 4.03. The van der Waals surface area contributed by atoms with E-state index in [-0.39, 0.29) is 17.6 Å². The Morgan fingerprint density at radius 1 is 1.00 bits per heavy atom. The van der Waals surface area contributed by atoms with E-state index in [1.165, 1.54) is 0 Å². The number of methoxy groups -OCH3 is 1. The van der Waals surface area contributed by atoms with E-state index < -0.39 is 0 Å². The monoisotopic (exact) mass is 319 g/mol. The normalized spacial score (nSPS) is 16.5. The van der Waals surface area contributed by atoms with Crippen LogP contribution in [-0.4, -0.2) is 18.1 Å². The Bertz CT molecular complexity index is 949. The second-order valence-corrected chi connectivity index (χ2v) is 5.95. The zero-order valence-electron chi connectivity index (χ0n) is 13.2. The number of amides is 1. The second-order valence-electron chi connectivity index (χ2n) is 5.95. The molecule has 4 heteroatoms. The smallest absolute Gasteiger partial charge is 0.225 e. The maximum atomic E-state index is 12.3. The number of aromatic hydroxyl groups is 1. The average Bonchev–Trinajstić information content (AvgIpc) is 2.61. The van der Waals surface area contributed by atoms with Crippen LogP contribution in [0.2, 0.25) is 0 Å². The van der Waals surface area contributed by atoms with Crippen LogP contribution in [0.5, 0.6) is 11.5 Å². The molecule has 1 amide bonds. The molecule has 1 heterocycles. The molecule has 0 aliphatic carbocycles. The van der Waals surface area contributed by atoms with E-state index in [0.717, 1.165) is 33.3 Å². The molecular formula is C20H17NO3. The van der Waals surface area contributed by atoms with Gasteiger partial charge in [-0.25, -0.2) is 0 Å². The van der Waals surface area contributed by atoms with Crippen LogP contribution in [0, 0.1) is 0 Å². The molecule has 3 aromatic rings. The van der Waals surface area contributed by atoms with Crippen LogP contribution < -0.4 is 10.1 Å². The molecule has 1 aliphatic rings. The summed E-state index contributed by atoms with van der Waals surface area (Å²) in [6.45, 7) is 0. The maximum absolute atomic E-state index is 12.3. The number of para-hydroxylation sites is 1. The van der Waals surface area contributed by atoms with E-state index in [1.54, 1.807) is 19.2 Å². The molecular weight excluding hydrogens is 302 g/mol. The van der Waals surface area contributed by atoms with Crippen molar-refractivity contribution in [1.82, 2.24) is 0 Å². The van der Waals surface area contributed by atoms with E-state index in [1.807, 2.05) is 42.5 Å². The van der Waals surface area contributed by atoms with Gasteiger partial charge in [-0.15, -0.1) is 0 Å². The summed E-state index contributed by atoms with van der Waals surface area (Å²) >= 11 is 0. The van der Waals surface area contributed by atoms with Crippen molar-refractivity contribution in [2.45, 2.75) is 12.3 Å². The number of fused-ring (bicyclic) bond motifs is 3. The van der Waals surface area contributed by atoms with E-state index in [0.29, 0.717) is 6.42 Å². The van der Waals surface area contributed by atoms with Gasteiger partial charge < -0.3 is 15.2 Å². The lowest BCUT2D eigenvalue weighted by atomic mass is 9.83. The Morgan fingerprint density at radius 2 is 1.83 bits per heavy atom. The fraction of sp³-hybridized carbons (Fsp3) is 0.150. The number of carbonyl (C=O) groups is 1. The van der Waals surface area contributed by atoms with Gasteiger partial charge in [-0.05, 0) is 17.7 Å². The van der Waals surface area contributed by atoms with Crippen LogP contribution in [0.4, 0.5) is 5.69 Å².